The third-order valence-electron chi connectivity index (χ3n) is 5.06. The van der Waals surface area contributed by atoms with Gasteiger partial charge in [-0.3, -0.25) is 9.59 Å². The Morgan fingerprint density at radius 2 is 1.79 bits per heavy atom. The van der Waals surface area contributed by atoms with Crippen molar-refractivity contribution in [2.24, 2.45) is 0 Å². The number of hydrogen-bond acceptors (Lipinski definition) is 8. The summed E-state index contributed by atoms with van der Waals surface area (Å²) < 4.78 is 32.9. The van der Waals surface area contributed by atoms with Crippen molar-refractivity contribution < 1.29 is 27.5 Å². The van der Waals surface area contributed by atoms with Crippen LogP contribution in [0, 0.1) is 0 Å². The van der Waals surface area contributed by atoms with E-state index in [0.717, 1.165) is 25.4 Å². The highest BCUT2D eigenvalue weighted by atomic mass is 32.2. The molecule has 0 radical (unpaired) electrons. The molecular formula is C22H20N2O6S3. The summed E-state index contributed by atoms with van der Waals surface area (Å²) in [6.45, 7) is 1.90. The van der Waals surface area contributed by atoms with Gasteiger partial charge < -0.3 is 4.74 Å². The highest BCUT2D eigenvalue weighted by Crippen LogP contribution is 2.32. The first-order valence-electron chi connectivity index (χ1n) is 10.0. The highest BCUT2D eigenvalue weighted by molar-refractivity contribution is 7.91. The molecule has 1 saturated heterocycles. The first kappa shape index (κ1) is 23.3. The summed E-state index contributed by atoms with van der Waals surface area (Å²) in [5.74, 6) is -1.64. The number of hydrogen-bond donors (Lipinski definition) is 0. The summed E-state index contributed by atoms with van der Waals surface area (Å²) >= 11 is 2.43. The predicted octanol–water partition coefficient (Wildman–Crippen LogP) is 3.51. The van der Waals surface area contributed by atoms with E-state index in [-0.39, 0.29) is 35.0 Å². The molecule has 3 aromatic rings. The SMILES string of the molecule is CCOC(=O)c1ccc(N2C(=O)CC(N(Cc3cccs3)S(=O)(=O)c3cccs3)C2=O)cc1. The minimum absolute atomic E-state index is 0.0166. The van der Waals surface area contributed by atoms with Crippen molar-refractivity contribution in [3.63, 3.8) is 0 Å². The Bertz CT molecular complexity index is 1250. The number of carbonyl (C=O) groups excluding carboxylic acids is 3. The van der Waals surface area contributed by atoms with Crippen molar-refractivity contribution in [3.05, 3.63) is 69.7 Å². The van der Waals surface area contributed by atoms with Crippen molar-refractivity contribution in [2.75, 3.05) is 11.5 Å². The van der Waals surface area contributed by atoms with Gasteiger partial charge in [0, 0.05) is 11.4 Å². The van der Waals surface area contributed by atoms with Crippen LogP contribution in [0.15, 0.2) is 63.5 Å². The van der Waals surface area contributed by atoms with Crippen LogP contribution in [-0.4, -0.2) is 43.2 Å². The Morgan fingerprint density at radius 1 is 1.09 bits per heavy atom. The molecule has 1 atom stereocenters. The Balaban J connectivity index is 1.65. The van der Waals surface area contributed by atoms with Gasteiger partial charge in [0.15, 0.2) is 0 Å². The average Bonchev–Trinajstić information content (AvgIpc) is 3.55. The molecule has 4 rings (SSSR count). The topological polar surface area (TPSA) is 101 Å². The second-order valence-electron chi connectivity index (χ2n) is 7.12. The Hall–Kier alpha value is -2.86. The van der Waals surface area contributed by atoms with Gasteiger partial charge >= 0.3 is 5.97 Å². The fraction of sp³-hybridized carbons (Fsp3) is 0.227. The van der Waals surface area contributed by atoms with E-state index in [1.807, 2.05) is 5.38 Å². The zero-order chi connectivity index (χ0) is 23.6. The molecule has 8 nitrogen and oxygen atoms in total. The molecule has 1 aromatic carbocycles. The van der Waals surface area contributed by atoms with Crippen LogP contribution in [0.5, 0.6) is 0 Å². The average molecular weight is 505 g/mol. The monoisotopic (exact) mass is 504 g/mol. The van der Waals surface area contributed by atoms with E-state index in [9.17, 15) is 22.8 Å². The maximum Gasteiger partial charge on any atom is 0.338 e. The molecular weight excluding hydrogens is 484 g/mol. The molecule has 1 aliphatic heterocycles. The number of rotatable bonds is 8. The minimum atomic E-state index is -4.01. The number of sulfonamides is 1. The number of amides is 2. The molecule has 172 valence electrons. The summed E-state index contributed by atoms with van der Waals surface area (Å²) in [6, 6.07) is 11.4. The van der Waals surface area contributed by atoms with E-state index in [0.29, 0.717) is 0 Å². The third kappa shape index (κ3) is 4.62. The molecule has 1 fully saturated rings. The van der Waals surface area contributed by atoms with Crippen LogP contribution in [0.1, 0.15) is 28.6 Å². The van der Waals surface area contributed by atoms with Gasteiger partial charge in [0.2, 0.25) is 5.91 Å². The number of thiophene rings is 2. The lowest BCUT2D eigenvalue weighted by Crippen LogP contribution is -2.44. The van der Waals surface area contributed by atoms with Gasteiger partial charge in [-0.2, -0.15) is 4.31 Å². The predicted molar refractivity (Wildman–Crippen MR) is 125 cm³/mol. The summed E-state index contributed by atoms with van der Waals surface area (Å²) in [4.78, 5) is 39.8. The number of benzene rings is 1. The summed E-state index contributed by atoms with van der Waals surface area (Å²) in [6.07, 6.45) is -0.269. The van der Waals surface area contributed by atoms with Crippen molar-refractivity contribution in [1.82, 2.24) is 4.31 Å². The first-order chi connectivity index (χ1) is 15.8. The lowest BCUT2D eigenvalue weighted by atomic mass is 10.2. The normalized spacial score (nSPS) is 16.5. The van der Waals surface area contributed by atoms with Crippen LogP contribution < -0.4 is 4.90 Å². The lowest BCUT2D eigenvalue weighted by Gasteiger charge is -2.25. The quantitative estimate of drug-likeness (QED) is 0.344. The molecule has 0 N–H and O–H groups in total. The molecule has 2 aromatic heterocycles. The molecule has 0 spiro atoms. The van der Waals surface area contributed by atoms with Crippen LogP contribution in [0.2, 0.25) is 0 Å². The minimum Gasteiger partial charge on any atom is -0.462 e. The van der Waals surface area contributed by atoms with E-state index in [4.69, 9.17) is 4.74 Å². The standard InChI is InChI=1S/C22H20N2O6S3/c1-2-30-22(27)15-7-9-16(10-8-15)24-19(25)13-18(21(24)26)23(14-17-5-3-11-31-17)33(28,29)20-6-4-12-32-20/h3-12,18H,2,13-14H2,1H3. The molecule has 0 saturated carbocycles. The van der Waals surface area contributed by atoms with E-state index in [2.05, 4.69) is 0 Å². The van der Waals surface area contributed by atoms with Gasteiger partial charge in [-0.15, -0.1) is 22.7 Å². The fourth-order valence-electron chi connectivity index (χ4n) is 3.52. The Labute approximate surface area is 199 Å². The van der Waals surface area contributed by atoms with E-state index in [1.54, 1.807) is 30.5 Å². The van der Waals surface area contributed by atoms with Gasteiger partial charge in [0.05, 0.1) is 24.3 Å². The van der Waals surface area contributed by atoms with Crippen LogP contribution >= 0.6 is 22.7 Å². The van der Waals surface area contributed by atoms with Gasteiger partial charge in [0.25, 0.3) is 15.9 Å². The van der Waals surface area contributed by atoms with Crippen molar-refractivity contribution in [1.29, 1.82) is 0 Å². The molecule has 33 heavy (non-hydrogen) atoms. The van der Waals surface area contributed by atoms with Crippen LogP contribution in [0.4, 0.5) is 5.69 Å². The molecule has 0 aliphatic carbocycles. The summed E-state index contributed by atoms with van der Waals surface area (Å²) in [7, 11) is -4.01. The number of anilines is 1. The van der Waals surface area contributed by atoms with Crippen LogP contribution in [0.3, 0.4) is 0 Å². The summed E-state index contributed by atoms with van der Waals surface area (Å²) in [5, 5.41) is 3.47. The Morgan fingerprint density at radius 3 is 2.39 bits per heavy atom. The second kappa shape index (κ2) is 9.56. The lowest BCUT2D eigenvalue weighted by molar-refractivity contribution is -0.122. The smallest absolute Gasteiger partial charge is 0.338 e. The molecule has 3 heterocycles. The van der Waals surface area contributed by atoms with Gasteiger partial charge in [-0.1, -0.05) is 12.1 Å². The van der Waals surface area contributed by atoms with Crippen molar-refractivity contribution >= 4 is 56.2 Å². The molecule has 0 bridgehead atoms. The second-order valence-corrected chi connectivity index (χ2v) is 11.2. The number of ether oxygens (including phenoxy) is 1. The van der Waals surface area contributed by atoms with Crippen molar-refractivity contribution in [2.45, 2.75) is 30.1 Å². The fourth-order valence-corrected chi connectivity index (χ4v) is 6.98. The molecule has 11 heteroatoms. The van der Waals surface area contributed by atoms with Gasteiger partial charge in [0.1, 0.15) is 10.3 Å². The largest absolute Gasteiger partial charge is 0.462 e. The first-order valence-corrected chi connectivity index (χ1v) is 13.2. The summed E-state index contributed by atoms with van der Waals surface area (Å²) in [5.41, 5.74) is 0.556. The third-order valence-corrected chi connectivity index (χ3v) is 9.15. The van der Waals surface area contributed by atoms with E-state index >= 15 is 0 Å². The maximum atomic E-state index is 13.4. The number of carbonyl (C=O) groups is 3. The molecule has 1 unspecified atom stereocenters. The van der Waals surface area contributed by atoms with Gasteiger partial charge in [-0.05, 0) is 54.1 Å². The van der Waals surface area contributed by atoms with Crippen LogP contribution in [-0.2, 0) is 30.9 Å². The molecule has 1 aliphatic rings. The number of esters is 1. The van der Waals surface area contributed by atoms with Crippen molar-refractivity contribution in [3.8, 4) is 0 Å². The van der Waals surface area contributed by atoms with Gasteiger partial charge in [-0.25, -0.2) is 18.1 Å². The van der Waals surface area contributed by atoms with E-state index < -0.39 is 33.8 Å². The number of nitrogens with zero attached hydrogens (tertiary/aromatic N) is 2. The molecule has 2 amide bonds. The number of imide groups is 1. The maximum absolute atomic E-state index is 13.4. The van der Waals surface area contributed by atoms with E-state index in [1.165, 1.54) is 41.7 Å². The Kier molecular flexibility index (Phi) is 6.75. The highest BCUT2D eigenvalue weighted by Gasteiger charge is 2.47. The zero-order valence-corrected chi connectivity index (χ0v) is 20.0. The zero-order valence-electron chi connectivity index (χ0n) is 17.5. The van der Waals surface area contributed by atoms with Crippen LogP contribution in [0.25, 0.3) is 0 Å².